The Morgan fingerprint density at radius 2 is 2.32 bits per heavy atom. The molecule has 1 aromatic heterocycles. The van der Waals surface area contributed by atoms with E-state index >= 15 is 0 Å². The third kappa shape index (κ3) is 3.07. The van der Waals surface area contributed by atoms with Crippen molar-refractivity contribution in [3.8, 4) is 0 Å². The lowest BCUT2D eigenvalue weighted by atomic mass is 10.0. The smallest absolute Gasteiger partial charge is 0.0951 e. The van der Waals surface area contributed by atoms with Crippen LogP contribution in [0.25, 0.3) is 0 Å². The molecule has 4 heteroatoms. The van der Waals surface area contributed by atoms with E-state index in [-0.39, 0.29) is 0 Å². The summed E-state index contributed by atoms with van der Waals surface area (Å²) in [6.45, 7) is 2.00. The van der Waals surface area contributed by atoms with Crippen molar-refractivity contribution in [2.24, 2.45) is 0 Å². The summed E-state index contributed by atoms with van der Waals surface area (Å²) in [4.78, 5) is 4.33. The van der Waals surface area contributed by atoms with Crippen LogP contribution in [0.2, 0.25) is 0 Å². The molecule has 0 radical (unpaired) electrons. The van der Waals surface area contributed by atoms with Crippen LogP contribution in [0, 0.1) is 0 Å². The van der Waals surface area contributed by atoms with Crippen LogP contribution in [0.4, 0.5) is 0 Å². The van der Waals surface area contributed by atoms with Crippen molar-refractivity contribution in [1.82, 2.24) is 14.9 Å². The minimum Gasteiger partial charge on any atom is -0.329 e. The Hall–Kier alpha value is -1.13. The summed E-state index contributed by atoms with van der Waals surface area (Å²) in [5.41, 5.74) is 2.60. The number of benzene rings is 1. The molecule has 3 rings (SSSR count). The zero-order valence-corrected chi connectivity index (χ0v) is 12.4. The highest BCUT2D eigenvalue weighted by atomic mass is 79.9. The molecule has 2 aromatic rings. The fourth-order valence-electron chi connectivity index (χ4n) is 2.69. The van der Waals surface area contributed by atoms with Crippen LogP contribution in [0.5, 0.6) is 0 Å². The zero-order valence-electron chi connectivity index (χ0n) is 10.8. The van der Waals surface area contributed by atoms with E-state index in [9.17, 15) is 0 Å². The fraction of sp³-hybridized carbons (Fsp3) is 0.400. The molecule has 1 fully saturated rings. The summed E-state index contributed by atoms with van der Waals surface area (Å²) in [7, 11) is 0. The number of rotatable bonds is 3. The first-order chi connectivity index (χ1) is 9.33. The lowest BCUT2D eigenvalue weighted by Gasteiger charge is -2.24. The maximum atomic E-state index is 4.33. The van der Waals surface area contributed by atoms with E-state index in [1.807, 2.05) is 12.5 Å². The first-order valence-corrected chi connectivity index (χ1v) is 7.60. The molecule has 0 spiro atoms. The number of nitrogens with one attached hydrogen (secondary N) is 1. The van der Waals surface area contributed by atoms with Gasteiger partial charge in [-0.2, -0.15) is 0 Å². The van der Waals surface area contributed by atoms with Gasteiger partial charge in [-0.3, -0.25) is 0 Å². The molecule has 0 aliphatic carbocycles. The van der Waals surface area contributed by atoms with Gasteiger partial charge in [-0.1, -0.05) is 34.5 Å². The van der Waals surface area contributed by atoms with E-state index < -0.39 is 0 Å². The molecule has 0 saturated carbocycles. The number of nitrogens with zero attached hydrogens (tertiary/aromatic N) is 2. The molecule has 1 aliphatic rings. The molecular formula is C15H18BrN3. The first kappa shape index (κ1) is 12.9. The Kier molecular flexibility index (Phi) is 3.99. The van der Waals surface area contributed by atoms with E-state index in [1.165, 1.54) is 30.5 Å². The van der Waals surface area contributed by atoms with Gasteiger partial charge in [0.2, 0.25) is 0 Å². The van der Waals surface area contributed by atoms with Crippen molar-refractivity contribution in [1.29, 1.82) is 0 Å². The van der Waals surface area contributed by atoms with Crippen LogP contribution in [-0.4, -0.2) is 16.1 Å². The van der Waals surface area contributed by atoms with E-state index in [0.717, 1.165) is 17.6 Å². The van der Waals surface area contributed by atoms with Crippen LogP contribution >= 0.6 is 15.9 Å². The number of imidazole rings is 1. The van der Waals surface area contributed by atoms with Crippen molar-refractivity contribution in [3.05, 3.63) is 52.5 Å². The molecule has 100 valence electrons. The Morgan fingerprint density at radius 3 is 3.11 bits per heavy atom. The van der Waals surface area contributed by atoms with E-state index in [0.29, 0.717) is 6.04 Å². The summed E-state index contributed by atoms with van der Waals surface area (Å²) < 4.78 is 3.38. The van der Waals surface area contributed by atoms with Gasteiger partial charge in [-0.25, -0.2) is 4.98 Å². The van der Waals surface area contributed by atoms with Gasteiger partial charge in [0.15, 0.2) is 0 Å². The van der Waals surface area contributed by atoms with E-state index in [1.54, 1.807) is 0 Å². The zero-order chi connectivity index (χ0) is 13.1. The van der Waals surface area contributed by atoms with Crippen molar-refractivity contribution in [2.75, 3.05) is 6.54 Å². The molecule has 1 atom stereocenters. The summed E-state index contributed by atoms with van der Waals surface area (Å²) >= 11 is 3.52. The van der Waals surface area contributed by atoms with Gasteiger partial charge in [0.05, 0.1) is 12.0 Å². The van der Waals surface area contributed by atoms with Gasteiger partial charge in [0.25, 0.3) is 0 Å². The summed E-state index contributed by atoms with van der Waals surface area (Å²) in [6, 6.07) is 8.92. The largest absolute Gasteiger partial charge is 0.329 e. The second-order valence-corrected chi connectivity index (χ2v) is 5.99. The molecule has 1 saturated heterocycles. The van der Waals surface area contributed by atoms with Crippen LogP contribution in [0.1, 0.15) is 36.6 Å². The van der Waals surface area contributed by atoms with E-state index in [2.05, 4.69) is 55.1 Å². The Morgan fingerprint density at radius 1 is 1.37 bits per heavy atom. The standard InChI is InChI=1S/C15H18BrN3/c16-13-5-3-4-12(8-13)10-19-11-17-9-15(19)14-6-1-2-7-18-14/h3-5,8-9,11,14,18H,1-2,6-7,10H2. The molecule has 19 heavy (non-hydrogen) atoms. The molecule has 1 N–H and O–H groups in total. The van der Waals surface area contributed by atoms with Crippen LogP contribution < -0.4 is 5.32 Å². The highest BCUT2D eigenvalue weighted by molar-refractivity contribution is 9.10. The SMILES string of the molecule is Brc1cccc(Cn2cncc2C2CCCCN2)c1. The summed E-state index contributed by atoms with van der Waals surface area (Å²) in [5, 5.41) is 3.59. The second kappa shape index (κ2) is 5.88. The molecule has 1 aliphatic heterocycles. The van der Waals surface area contributed by atoms with Crippen molar-refractivity contribution >= 4 is 15.9 Å². The average molecular weight is 320 g/mol. The number of halogens is 1. The normalized spacial score (nSPS) is 19.5. The quantitative estimate of drug-likeness (QED) is 0.938. The van der Waals surface area contributed by atoms with E-state index in [4.69, 9.17) is 0 Å². The highest BCUT2D eigenvalue weighted by Gasteiger charge is 2.18. The van der Waals surface area contributed by atoms with Gasteiger partial charge < -0.3 is 9.88 Å². The van der Waals surface area contributed by atoms with Crippen molar-refractivity contribution in [2.45, 2.75) is 31.8 Å². The summed E-state index contributed by atoms with van der Waals surface area (Å²) in [6.07, 6.45) is 7.74. The van der Waals surface area contributed by atoms with Crippen LogP contribution in [0.15, 0.2) is 41.3 Å². The summed E-state index contributed by atoms with van der Waals surface area (Å²) in [5.74, 6) is 0. The van der Waals surface area contributed by atoms with Crippen LogP contribution in [0.3, 0.4) is 0 Å². The van der Waals surface area contributed by atoms with Gasteiger partial charge in [-0.15, -0.1) is 0 Å². The van der Waals surface area contributed by atoms with Gasteiger partial charge in [0.1, 0.15) is 0 Å². The fourth-order valence-corrected chi connectivity index (χ4v) is 3.14. The monoisotopic (exact) mass is 319 g/mol. The van der Waals surface area contributed by atoms with Gasteiger partial charge in [-0.05, 0) is 37.1 Å². The highest BCUT2D eigenvalue weighted by Crippen LogP contribution is 2.23. The van der Waals surface area contributed by atoms with Gasteiger partial charge >= 0.3 is 0 Å². The Bertz CT molecular complexity index is 544. The molecule has 1 unspecified atom stereocenters. The third-order valence-corrected chi connectivity index (χ3v) is 4.15. The Labute approximate surface area is 122 Å². The molecular weight excluding hydrogens is 302 g/mol. The number of hydrogen-bond acceptors (Lipinski definition) is 2. The maximum Gasteiger partial charge on any atom is 0.0951 e. The van der Waals surface area contributed by atoms with Crippen molar-refractivity contribution in [3.63, 3.8) is 0 Å². The second-order valence-electron chi connectivity index (χ2n) is 5.08. The number of piperidine rings is 1. The predicted octanol–water partition coefficient (Wildman–Crippen LogP) is 3.51. The lowest BCUT2D eigenvalue weighted by molar-refractivity contribution is 0.396. The molecule has 2 heterocycles. The molecule has 0 amide bonds. The third-order valence-electron chi connectivity index (χ3n) is 3.65. The molecule has 1 aromatic carbocycles. The maximum absolute atomic E-state index is 4.33. The molecule has 0 bridgehead atoms. The first-order valence-electron chi connectivity index (χ1n) is 6.81. The minimum atomic E-state index is 0.461. The topological polar surface area (TPSA) is 29.9 Å². The Balaban J connectivity index is 1.80. The molecule has 3 nitrogen and oxygen atoms in total. The minimum absolute atomic E-state index is 0.461. The van der Waals surface area contributed by atoms with Gasteiger partial charge in [0, 0.05) is 23.3 Å². The lowest BCUT2D eigenvalue weighted by Crippen LogP contribution is -2.28. The van der Waals surface area contributed by atoms with Crippen LogP contribution in [-0.2, 0) is 6.54 Å². The number of hydrogen-bond donors (Lipinski definition) is 1. The number of aromatic nitrogens is 2. The van der Waals surface area contributed by atoms with Crippen molar-refractivity contribution < 1.29 is 0 Å². The predicted molar refractivity (Wildman–Crippen MR) is 80.1 cm³/mol. The average Bonchev–Trinajstić information content (AvgIpc) is 2.88.